The number of benzene rings is 3. The van der Waals surface area contributed by atoms with E-state index in [0.29, 0.717) is 35.5 Å². The maximum Gasteiger partial charge on any atom is 0.250 e. The van der Waals surface area contributed by atoms with Crippen LogP contribution in [0.2, 0.25) is 0 Å². The van der Waals surface area contributed by atoms with E-state index in [9.17, 15) is 13.6 Å². The third-order valence-corrected chi connectivity index (χ3v) is 6.31. The third kappa shape index (κ3) is 4.14. The van der Waals surface area contributed by atoms with Crippen LogP contribution >= 0.6 is 0 Å². The summed E-state index contributed by atoms with van der Waals surface area (Å²) in [7, 11) is 0. The number of ether oxygens (including phenoxy) is 1. The minimum Gasteiger partial charge on any atom is -0.345 e. The molecule has 1 unspecified atom stereocenters. The van der Waals surface area contributed by atoms with E-state index in [4.69, 9.17) is 9.84 Å². The number of imidazole rings is 1. The van der Waals surface area contributed by atoms with E-state index >= 15 is 0 Å². The lowest BCUT2D eigenvalue weighted by Gasteiger charge is -2.23. The Hall–Kier alpha value is -4.37. The minimum absolute atomic E-state index is 0.0468. The number of H-pyrrole nitrogens is 1. The first-order chi connectivity index (χ1) is 17.5. The number of hydrogen-bond donors (Lipinski definition) is 1. The molecule has 0 bridgehead atoms. The molecule has 6 rings (SSSR count). The van der Waals surface area contributed by atoms with Gasteiger partial charge in [0.1, 0.15) is 23.9 Å². The van der Waals surface area contributed by atoms with E-state index in [-0.39, 0.29) is 24.1 Å². The summed E-state index contributed by atoms with van der Waals surface area (Å²) >= 11 is 0. The molecule has 1 amide bonds. The first-order valence-electron chi connectivity index (χ1n) is 11.5. The zero-order valence-corrected chi connectivity index (χ0v) is 19.1. The van der Waals surface area contributed by atoms with Crippen LogP contribution in [0.5, 0.6) is 0 Å². The van der Waals surface area contributed by atoms with Crippen LogP contribution in [0.25, 0.3) is 28.0 Å². The highest BCUT2D eigenvalue weighted by atomic mass is 19.1. The molecule has 1 fully saturated rings. The van der Waals surface area contributed by atoms with Crippen molar-refractivity contribution < 1.29 is 18.3 Å². The third-order valence-electron chi connectivity index (χ3n) is 6.31. The highest BCUT2D eigenvalue weighted by Gasteiger charge is 2.36. The second-order valence-electron chi connectivity index (χ2n) is 8.62. The zero-order valence-electron chi connectivity index (χ0n) is 19.1. The summed E-state index contributed by atoms with van der Waals surface area (Å²) in [4.78, 5) is 21.9. The van der Waals surface area contributed by atoms with Gasteiger partial charge in [-0.2, -0.15) is 5.10 Å². The fraction of sp³-hybridized carbons (Fsp3) is 0.148. The second kappa shape index (κ2) is 9.01. The Bertz CT molecular complexity index is 1540. The molecule has 1 aliphatic rings. The number of nitrogens with one attached hydrogen (secondary N) is 1. The Morgan fingerprint density at radius 2 is 1.75 bits per heavy atom. The molecule has 2 aromatic heterocycles. The molecular formula is C27H21F2N5O2. The van der Waals surface area contributed by atoms with Crippen molar-refractivity contribution in [2.45, 2.75) is 12.6 Å². The van der Waals surface area contributed by atoms with Gasteiger partial charge in [-0.3, -0.25) is 4.79 Å². The predicted octanol–water partition coefficient (Wildman–Crippen LogP) is 4.79. The van der Waals surface area contributed by atoms with Crippen molar-refractivity contribution in [3.05, 3.63) is 102 Å². The molecule has 36 heavy (non-hydrogen) atoms. The SMILES string of the molecule is O=C1COC(c2cn(-c3ccc(F)cc3)nc2-c2ccc(F)cc2)N1CCc1ccc2nc[nH]c2c1. The van der Waals surface area contributed by atoms with Gasteiger partial charge in [-0.25, -0.2) is 18.4 Å². The number of aromatic nitrogens is 4. The molecule has 0 radical (unpaired) electrons. The van der Waals surface area contributed by atoms with Crippen molar-refractivity contribution in [2.24, 2.45) is 0 Å². The Morgan fingerprint density at radius 3 is 2.53 bits per heavy atom. The number of carbonyl (C=O) groups excluding carboxylic acids is 1. The van der Waals surface area contributed by atoms with Gasteiger partial charge in [0, 0.05) is 23.9 Å². The number of aromatic amines is 1. The van der Waals surface area contributed by atoms with Crippen LogP contribution in [0.15, 0.2) is 79.3 Å². The smallest absolute Gasteiger partial charge is 0.250 e. The summed E-state index contributed by atoms with van der Waals surface area (Å²) in [5.74, 6) is -0.835. The minimum atomic E-state index is -0.664. The molecule has 0 saturated carbocycles. The Labute approximate surface area is 205 Å². The number of amides is 1. The number of hydrogen-bond acceptors (Lipinski definition) is 4. The lowest BCUT2D eigenvalue weighted by atomic mass is 10.1. The summed E-state index contributed by atoms with van der Waals surface area (Å²) in [6.07, 6.45) is 3.39. The summed E-state index contributed by atoms with van der Waals surface area (Å²) in [6, 6.07) is 17.9. The lowest BCUT2D eigenvalue weighted by Crippen LogP contribution is -2.30. The van der Waals surface area contributed by atoms with Gasteiger partial charge in [0.25, 0.3) is 5.91 Å². The molecule has 7 nitrogen and oxygen atoms in total. The molecule has 3 aromatic carbocycles. The Morgan fingerprint density at radius 1 is 1.00 bits per heavy atom. The van der Waals surface area contributed by atoms with E-state index in [0.717, 1.165) is 16.6 Å². The van der Waals surface area contributed by atoms with Gasteiger partial charge in [0.05, 0.1) is 23.0 Å². The van der Waals surface area contributed by atoms with Crippen LogP contribution in [0, 0.1) is 11.6 Å². The fourth-order valence-corrected chi connectivity index (χ4v) is 4.47. The van der Waals surface area contributed by atoms with Crippen molar-refractivity contribution in [2.75, 3.05) is 13.2 Å². The first-order valence-corrected chi connectivity index (χ1v) is 11.5. The maximum absolute atomic E-state index is 13.6. The lowest BCUT2D eigenvalue weighted by molar-refractivity contribution is -0.128. The number of halogens is 2. The Balaban J connectivity index is 1.34. The maximum atomic E-state index is 13.6. The van der Waals surface area contributed by atoms with Crippen LogP contribution in [0.4, 0.5) is 8.78 Å². The summed E-state index contributed by atoms with van der Waals surface area (Å²) in [5.41, 5.74) is 5.44. The van der Waals surface area contributed by atoms with Crippen molar-refractivity contribution in [3.63, 3.8) is 0 Å². The molecule has 3 heterocycles. The molecule has 9 heteroatoms. The number of carbonyl (C=O) groups is 1. The average Bonchev–Trinajstić information content (AvgIpc) is 3.62. The standard InChI is InChI=1S/C27H21F2N5O2/c28-19-4-2-18(3-5-19)26-22(14-34(32-26)21-8-6-20(29)7-9-21)27-33(25(35)15-36-27)12-11-17-1-10-23-24(13-17)31-16-30-23/h1-10,13-14,16,27H,11-12,15H2,(H,30,31). The van der Waals surface area contributed by atoms with Crippen LogP contribution < -0.4 is 0 Å². The van der Waals surface area contributed by atoms with Crippen LogP contribution in [0.3, 0.4) is 0 Å². The van der Waals surface area contributed by atoms with E-state index < -0.39 is 6.23 Å². The molecular weight excluding hydrogens is 464 g/mol. The van der Waals surface area contributed by atoms with E-state index in [1.54, 1.807) is 46.4 Å². The number of fused-ring (bicyclic) bond motifs is 1. The van der Waals surface area contributed by atoms with E-state index in [1.165, 1.54) is 24.3 Å². The van der Waals surface area contributed by atoms with Gasteiger partial charge >= 0.3 is 0 Å². The number of nitrogens with zero attached hydrogens (tertiary/aromatic N) is 4. The predicted molar refractivity (Wildman–Crippen MR) is 129 cm³/mol. The monoisotopic (exact) mass is 485 g/mol. The topological polar surface area (TPSA) is 76.0 Å². The molecule has 0 aliphatic carbocycles. The van der Waals surface area contributed by atoms with Gasteiger partial charge in [-0.05, 0) is 72.6 Å². The van der Waals surface area contributed by atoms with Crippen molar-refractivity contribution in [1.82, 2.24) is 24.6 Å². The highest BCUT2D eigenvalue weighted by Crippen LogP contribution is 2.35. The van der Waals surface area contributed by atoms with Gasteiger partial charge in [0.2, 0.25) is 0 Å². The molecule has 1 N–H and O–H groups in total. The first kappa shape index (κ1) is 22.1. The summed E-state index contributed by atoms with van der Waals surface area (Å²) < 4.78 is 34.7. The molecule has 5 aromatic rings. The molecule has 1 aliphatic heterocycles. The molecule has 0 spiro atoms. The van der Waals surface area contributed by atoms with Crippen molar-refractivity contribution >= 4 is 16.9 Å². The van der Waals surface area contributed by atoms with Crippen molar-refractivity contribution in [3.8, 4) is 16.9 Å². The Kier molecular flexibility index (Phi) is 5.54. The quantitative estimate of drug-likeness (QED) is 0.375. The van der Waals surface area contributed by atoms with Gasteiger partial charge < -0.3 is 14.6 Å². The summed E-state index contributed by atoms with van der Waals surface area (Å²) in [6.45, 7) is 0.391. The second-order valence-corrected chi connectivity index (χ2v) is 8.62. The zero-order chi connectivity index (χ0) is 24.6. The van der Waals surface area contributed by atoms with Gasteiger partial charge in [-0.15, -0.1) is 0 Å². The van der Waals surface area contributed by atoms with E-state index in [1.807, 2.05) is 18.2 Å². The molecule has 180 valence electrons. The molecule has 1 saturated heterocycles. The van der Waals surface area contributed by atoms with Crippen LogP contribution in [-0.4, -0.2) is 43.7 Å². The average molecular weight is 485 g/mol. The normalized spacial score (nSPS) is 15.8. The van der Waals surface area contributed by atoms with Crippen molar-refractivity contribution in [1.29, 1.82) is 0 Å². The van der Waals surface area contributed by atoms with Crippen LogP contribution in [-0.2, 0) is 16.0 Å². The van der Waals surface area contributed by atoms with E-state index in [2.05, 4.69) is 9.97 Å². The van der Waals surface area contributed by atoms with Gasteiger partial charge in [-0.1, -0.05) is 6.07 Å². The number of rotatable bonds is 6. The summed E-state index contributed by atoms with van der Waals surface area (Å²) in [5, 5.41) is 4.70. The highest BCUT2D eigenvalue weighted by molar-refractivity contribution is 5.80. The molecule has 1 atom stereocenters. The van der Waals surface area contributed by atoms with Gasteiger partial charge in [0.15, 0.2) is 6.23 Å². The van der Waals surface area contributed by atoms with Crippen LogP contribution in [0.1, 0.15) is 17.4 Å². The largest absolute Gasteiger partial charge is 0.345 e. The fourth-order valence-electron chi connectivity index (χ4n) is 4.47.